The first-order chi connectivity index (χ1) is 9.31. The fourth-order valence-corrected chi connectivity index (χ4v) is 3.26. The molecule has 1 atom stereocenters. The normalized spacial score (nSPS) is 21.3. The Labute approximate surface area is 126 Å². The smallest absolute Gasteiger partial charge is 0.220 e. The fraction of sp³-hybridized carbons (Fsp3) is 0.562. The lowest BCUT2D eigenvalue weighted by atomic mass is 10.0. The van der Waals surface area contributed by atoms with Crippen LogP contribution in [0.2, 0.25) is 0 Å². The number of carbonyl (C=O) groups is 1. The molecule has 3 rings (SSSR count). The summed E-state index contributed by atoms with van der Waals surface area (Å²) in [7, 11) is 0. The highest BCUT2D eigenvalue weighted by atomic mass is 35.5. The monoisotopic (exact) mass is 294 g/mol. The number of nitrogens with one attached hydrogen (secondary N) is 2. The molecule has 0 aromatic heterocycles. The summed E-state index contributed by atoms with van der Waals surface area (Å²) in [6.07, 6.45) is 4.92. The Morgan fingerprint density at radius 1 is 1.25 bits per heavy atom. The van der Waals surface area contributed by atoms with E-state index >= 15 is 0 Å². The van der Waals surface area contributed by atoms with E-state index in [0.717, 1.165) is 32.4 Å². The first-order valence-corrected chi connectivity index (χ1v) is 7.38. The van der Waals surface area contributed by atoms with Gasteiger partial charge in [-0.05, 0) is 55.8 Å². The summed E-state index contributed by atoms with van der Waals surface area (Å²) in [4.78, 5) is 12.0. The van der Waals surface area contributed by atoms with E-state index in [2.05, 4.69) is 34.9 Å². The van der Waals surface area contributed by atoms with Crippen molar-refractivity contribution in [2.45, 2.75) is 38.1 Å². The molecule has 0 radical (unpaired) electrons. The first-order valence-electron chi connectivity index (χ1n) is 7.38. The molecule has 0 saturated carbocycles. The molecule has 1 aromatic carbocycles. The lowest BCUT2D eigenvalue weighted by molar-refractivity contribution is -0.122. The summed E-state index contributed by atoms with van der Waals surface area (Å²) in [5, 5.41) is 6.54. The molecule has 20 heavy (non-hydrogen) atoms. The number of benzene rings is 1. The van der Waals surface area contributed by atoms with E-state index in [9.17, 15) is 4.79 Å². The Kier molecular flexibility index (Phi) is 5.44. The van der Waals surface area contributed by atoms with Gasteiger partial charge in [-0.3, -0.25) is 4.79 Å². The number of carbonyl (C=O) groups excluding carboxylic acids is 1. The van der Waals surface area contributed by atoms with E-state index in [-0.39, 0.29) is 18.3 Å². The Hall–Kier alpha value is -1.06. The van der Waals surface area contributed by atoms with E-state index in [0.29, 0.717) is 18.4 Å². The highest BCUT2D eigenvalue weighted by Gasteiger charge is 2.23. The third kappa shape index (κ3) is 3.74. The molecule has 1 unspecified atom stereocenters. The molecule has 1 aliphatic heterocycles. The molecule has 3 nitrogen and oxygen atoms in total. The summed E-state index contributed by atoms with van der Waals surface area (Å²) in [6, 6.07) is 8.82. The van der Waals surface area contributed by atoms with Crippen LogP contribution < -0.4 is 10.6 Å². The van der Waals surface area contributed by atoms with Crippen molar-refractivity contribution in [1.82, 2.24) is 10.6 Å². The van der Waals surface area contributed by atoms with Crippen molar-refractivity contribution in [2.24, 2.45) is 5.92 Å². The number of hydrogen-bond donors (Lipinski definition) is 2. The summed E-state index contributed by atoms with van der Waals surface area (Å²) in [5.41, 5.74) is 2.79. The number of amides is 1. The van der Waals surface area contributed by atoms with Gasteiger partial charge in [0.15, 0.2) is 0 Å². The van der Waals surface area contributed by atoms with Crippen molar-refractivity contribution in [3.05, 3.63) is 35.4 Å². The van der Waals surface area contributed by atoms with Gasteiger partial charge >= 0.3 is 0 Å². The predicted molar refractivity (Wildman–Crippen MR) is 83.2 cm³/mol. The lowest BCUT2D eigenvalue weighted by Gasteiger charge is -2.13. The molecule has 1 amide bonds. The summed E-state index contributed by atoms with van der Waals surface area (Å²) in [5.74, 6) is 0.927. The van der Waals surface area contributed by atoms with Crippen LogP contribution in [-0.2, 0) is 17.6 Å². The quantitative estimate of drug-likeness (QED) is 0.893. The summed E-state index contributed by atoms with van der Waals surface area (Å²) >= 11 is 0. The van der Waals surface area contributed by atoms with Gasteiger partial charge in [-0.25, -0.2) is 0 Å². The molecule has 1 fully saturated rings. The second kappa shape index (κ2) is 7.09. The average molecular weight is 295 g/mol. The van der Waals surface area contributed by atoms with Crippen LogP contribution >= 0.6 is 12.4 Å². The van der Waals surface area contributed by atoms with Gasteiger partial charge in [-0.1, -0.05) is 24.3 Å². The van der Waals surface area contributed by atoms with Crippen molar-refractivity contribution in [3.63, 3.8) is 0 Å². The second-order valence-corrected chi connectivity index (χ2v) is 5.84. The largest absolute Gasteiger partial charge is 0.353 e. The van der Waals surface area contributed by atoms with Gasteiger partial charge in [0, 0.05) is 12.5 Å². The van der Waals surface area contributed by atoms with Crippen molar-refractivity contribution >= 4 is 18.3 Å². The minimum absolute atomic E-state index is 0. The van der Waals surface area contributed by atoms with Gasteiger partial charge in [-0.15, -0.1) is 12.4 Å². The zero-order valence-corrected chi connectivity index (χ0v) is 12.5. The maximum absolute atomic E-state index is 12.0. The van der Waals surface area contributed by atoms with E-state index in [1.807, 2.05) is 0 Å². The fourth-order valence-electron chi connectivity index (χ4n) is 3.26. The molecular formula is C16H23ClN2O. The number of halogens is 1. The summed E-state index contributed by atoms with van der Waals surface area (Å²) < 4.78 is 0. The van der Waals surface area contributed by atoms with Gasteiger partial charge in [0.05, 0.1) is 0 Å². The Morgan fingerprint density at radius 2 is 1.95 bits per heavy atom. The highest BCUT2D eigenvalue weighted by Crippen LogP contribution is 2.22. The standard InChI is InChI=1S/C16H22N2O.ClH/c19-16(6-5-12-7-8-17-11-12)18-15-9-13-3-1-2-4-14(13)10-15;/h1-4,12,15,17H,5-11H2,(H,18,19);1H. The number of fused-ring (bicyclic) bond motifs is 1. The Bertz CT molecular complexity index is 433. The minimum atomic E-state index is 0. The zero-order chi connectivity index (χ0) is 13.1. The first kappa shape index (κ1) is 15.3. The van der Waals surface area contributed by atoms with Gasteiger partial charge in [0.1, 0.15) is 0 Å². The summed E-state index contributed by atoms with van der Waals surface area (Å²) in [6.45, 7) is 2.20. The highest BCUT2D eigenvalue weighted by molar-refractivity contribution is 5.85. The topological polar surface area (TPSA) is 41.1 Å². The third-order valence-electron chi connectivity index (χ3n) is 4.36. The number of rotatable bonds is 4. The van der Waals surface area contributed by atoms with E-state index in [1.165, 1.54) is 17.5 Å². The molecule has 0 spiro atoms. The Morgan fingerprint density at radius 3 is 2.55 bits per heavy atom. The van der Waals surface area contributed by atoms with Crippen LogP contribution in [0.4, 0.5) is 0 Å². The molecule has 2 aliphatic rings. The third-order valence-corrected chi connectivity index (χ3v) is 4.36. The molecule has 1 aliphatic carbocycles. The molecule has 0 bridgehead atoms. The van der Waals surface area contributed by atoms with Crippen LogP contribution in [0.3, 0.4) is 0 Å². The van der Waals surface area contributed by atoms with E-state index < -0.39 is 0 Å². The molecule has 1 saturated heterocycles. The van der Waals surface area contributed by atoms with E-state index in [4.69, 9.17) is 0 Å². The van der Waals surface area contributed by atoms with Crippen molar-refractivity contribution in [3.8, 4) is 0 Å². The maximum Gasteiger partial charge on any atom is 0.220 e. The van der Waals surface area contributed by atoms with Crippen LogP contribution in [0.25, 0.3) is 0 Å². The van der Waals surface area contributed by atoms with Gasteiger partial charge in [0.2, 0.25) is 5.91 Å². The molecular weight excluding hydrogens is 272 g/mol. The van der Waals surface area contributed by atoms with Gasteiger partial charge in [-0.2, -0.15) is 0 Å². The minimum Gasteiger partial charge on any atom is -0.353 e. The molecule has 2 N–H and O–H groups in total. The average Bonchev–Trinajstić information content (AvgIpc) is 3.04. The van der Waals surface area contributed by atoms with Crippen LogP contribution in [0.5, 0.6) is 0 Å². The van der Waals surface area contributed by atoms with Gasteiger partial charge in [0.25, 0.3) is 0 Å². The van der Waals surface area contributed by atoms with Crippen molar-refractivity contribution < 1.29 is 4.79 Å². The van der Waals surface area contributed by atoms with Crippen LogP contribution in [0.15, 0.2) is 24.3 Å². The van der Waals surface area contributed by atoms with Crippen LogP contribution in [0, 0.1) is 5.92 Å². The van der Waals surface area contributed by atoms with Crippen molar-refractivity contribution in [2.75, 3.05) is 13.1 Å². The molecule has 4 heteroatoms. The zero-order valence-electron chi connectivity index (χ0n) is 11.7. The van der Waals surface area contributed by atoms with Crippen LogP contribution in [0.1, 0.15) is 30.4 Å². The second-order valence-electron chi connectivity index (χ2n) is 5.84. The molecule has 1 heterocycles. The maximum atomic E-state index is 12.0. The Balaban J connectivity index is 0.00000147. The lowest BCUT2D eigenvalue weighted by Crippen LogP contribution is -2.35. The van der Waals surface area contributed by atoms with E-state index in [1.54, 1.807) is 0 Å². The van der Waals surface area contributed by atoms with Gasteiger partial charge < -0.3 is 10.6 Å². The molecule has 110 valence electrons. The predicted octanol–water partition coefficient (Wildman–Crippen LogP) is 2.08. The van der Waals surface area contributed by atoms with Crippen molar-refractivity contribution in [1.29, 1.82) is 0 Å². The molecule has 1 aromatic rings. The van der Waals surface area contributed by atoms with Crippen LogP contribution in [-0.4, -0.2) is 25.0 Å². The number of hydrogen-bond acceptors (Lipinski definition) is 2. The SMILES string of the molecule is Cl.O=C(CCC1CCNC1)NC1Cc2ccccc2C1.